The van der Waals surface area contributed by atoms with Crippen molar-refractivity contribution < 1.29 is 25.9 Å². The minimum absolute atomic E-state index is 0. The zero-order chi connectivity index (χ0) is 29.5. The Morgan fingerprint density at radius 3 is 1.07 bits per heavy atom. The van der Waals surface area contributed by atoms with Crippen molar-refractivity contribution in [3.05, 3.63) is 82.9 Å². The van der Waals surface area contributed by atoms with Gasteiger partial charge < -0.3 is 9.11 Å². The summed E-state index contributed by atoms with van der Waals surface area (Å²) < 4.78 is 68.2. The molecule has 0 atom stereocenters. The van der Waals surface area contributed by atoms with E-state index in [0.717, 1.165) is 73.3 Å². The fraction of sp³-hybridized carbons (Fsp3) is 0.375. The van der Waals surface area contributed by atoms with Gasteiger partial charge in [-0.3, -0.25) is 0 Å². The number of hydrogen-bond acceptors (Lipinski definition) is 6. The van der Waals surface area contributed by atoms with Crippen LogP contribution >= 0.6 is 0 Å². The van der Waals surface area contributed by atoms with E-state index < -0.39 is 20.2 Å². The summed E-state index contributed by atoms with van der Waals surface area (Å²) in [5.41, 5.74) is 4.81. The minimum atomic E-state index is -4.44. The van der Waals surface area contributed by atoms with Crippen LogP contribution in [0.3, 0.4) is 0 Å². The number of fused-ring (bicyclic) bond motifs is 2. The molecule has 0 aromatic heterocycles. The van der Waals surface area contributed by atoms with Crippen molar-refractivity contribution in [1.82, 2.24) is 0 Å². The average Bonchev–Trinajstić information content (AvgIpc) is 2.88. The van der Waals surface area contributed by atoms with Gasteiger partial charge in [0.1, 0.15) is 20.2 Å². The molecule has 0 unspecified atom stereocenters. The third-order valence-electron chi connectivity index (χ3n) is 6.94. The van der Waals surface area contributed by atoms with Crippen LogP contribution in [-0.4, -0.2) is 63.7 Å². The van der Waals surface area contributed by atoms with Gasteiger partial charge >= 0.3 is 37.7 Å². The second-order valence-electron chi connectivity index (χ2n) is 10.1. The molecule has 0 aliphatic rings. The van der Waals surface area contributed by atoms with Crippen LogP contribution in [0.5, 0.6) is 0 Å². The molecule has 4 aromatic carbocycles. The maximum Gasteiger partial charge on any atom is 2.00 e. The summed E-state index contributed by atoms with van der Waals surface area (Å²) in [7, 11) is -8.87. The first-order valence-electron chi connectivity index (χ1n) is 13.9. The molecule has 216 valence electrons. The maximum atomic E-state index is 11.4. The summed E-state index contributed by atoms with van der Waals surface area (Å²) >= 11 is 0. The van der Waals surface area contributed by atoms with Crippen LogP contribution in [0.2, 0.25) is 0 Å². The van der Waals surface area contributed by atoms with E-state index in [4.69, 9.17) is 0 Å². The minimum Gasteiger partial charge on any atom is -0.744 e. The Morgan fingerprint density at radius 2 is 0.805 bits per heavy atom. The van der Waals surface area contributed by atoms with E-state index in [1.807, 2.05) is 36.4 Å². The molecule has 0 N–H and O–H groups in total. The molecule has 0 heterocycles. The molecule has 4 rings (SSSR count). The Morgan fingerprint density at radius 1 is 0.512 bits per heavy atom. The fourth-order valence-electron chi connectivity index (χ4n) is 5.22. The molecule has 0 amide bonds. The van der Waals surface area contributed by atoms with Crippen molar-refractivity contribution in [2.45, 2.75) is 88.9 Å². The molecule has 0 aliphatic heterocycles. The molecule has 0 bridgehead atoms. The van der Waals surface area contributed by atoms with E-state index in [9.17, 15) is 25.9 Å². The van der Waals surface area contributed by atoms with Gasteiger partial charge in [-0.15, -0.1) is 0 Å². The summed E-state index contributed by atoms with van der Waals surface area (Å²) in [4.78, 5) is -0.231. The van der Waals surface area contributed by atoms with E-state index >= 15 is 0 Å². The molecule has 0 spiro atoms. The van der Waals surface area contributed by atoms with E-state index in [-0.39, 0.29) is 47.5 Å². The van der Waals surface area contributed by atoms with Crippen LogP contribution in [0, 0.1) is 0 Å². The van der Waals surface area contributed by atoms with Gasteiger partial charge in [0.15, 0.2) is 0 Å². The van der Waals surface area contributed by atoms with E-state index in [1.165, 1.54) is 23.3 Å². The maximum absolute atomic E-state index is 11.4. The van der Waals surface area contributed by atoms with Crippen LogP contribution in [-0.2, 0) is 45.9 Å². The molecule has 0 fully saturated rings. The normalized spacial score (nSPS) is 11.7. The molecule has 6 nitrogen and oxygen atoms in total. The second kappa shape index (κ2) is 15.8. The van der Waals surface area contributed by atoms with Crippen LogP contribution in [0.4, 0.5) is 0 Å². The number of rotatable bonds is 10. The van der Waals surface area contributed by atoms with Crippen LogP contribution in [0.1, 0.15) is 75.6 Å². The summed E-state index contributed by atoms with van der Waals surface area (Å²) in [6.45, 7) is 8.43. The fourth-order valence-corrected chi connectivity index (χ4v) is 6.60. The summed E-state index contributed by atoms with van der Waals surface area (Å²) in [5, 5.41) is 2.74. The van der Waals surface area contributed by atoms with E-state index in [1.54, 1.807) is 12.1 Å². The zero-order valence-corrected chi connectivity index (χ0v) is 28.2. The topological polar surface area (TPSA) is 114 Å². The van der Waals surface area contributed by atoms with Crippen molar-refractivity contribution in [2.24, 2.45) is 0 Å². The summed E-state index contributed by atoms with van der Waals surface area (Å²) in [5.74, 6) is 0. The van der Waals surface area contributed by atoms with Crippen LogP contribution < -0.4 is 0 Å². The Labute approximate surface area is 275 Å². The SMILES string of the molecule is CCCc1cc2cccc(S(=O)(=O)[O-])c2cc1CCC.CCCc1cc2cccc(S(=O)(=O)[O-])c2cc1CCC.[Ca+2]. The molecule has 4 aromatic rings. The van der Waals surface area contributed by atoms with Gasteiger partial charge in [0, 0.05) is 0 Å². The van der Waals surface area contributed by atoms with E-state index in [0.29, 0.717) is 10.8 Å². The number of benzene rings is 4. The molecule has 41 heavy (non-hydrogen) atoms. The monoisotopic (exact) mass is 622 g/mol. The van der Waals surface area contributed by atoms with Crippen molar-refractivity contribution in [2.75, 3.05) is 0 Å². The molecular formula is C32H38CaO6S2. The quantitative estimate of drug-likeness (QED) is 0.140. The number of aryl methyl sites for hydroxylation is 4. The van der Waals surface area contributed by atoms with Crippen molar-refractivity contribution in [3.63, 3.8) is 0 Å². The number of hydrogen-bond donors (Lipinski definition) is 0. The molecule has 0 radical (unpaired) electrons. The Bertz CT molecular complexity index is 1570. The second-order valence-corrected chi connectivity index (χ2v) is 12.8. The first kappa shape index (κ1) is 35.7. The van der Waals surface area contributed by atoms with Gasteiger partial charge in [-0.05, 0) is 93.7 Å². The van der Waals surface area contributed by atoms with Gasteiger partial charge in [0.2, 0.25) is 0 Å². The average molecular weight is 623 g/mol. The van der Waals surface area contributed by atoms with Crippen molar-refractivity contribution in [1.29, 1.82) is 0 Å². The first-order chi connectivity index (χ1) is 18.9. The molecule has 0 saturated carbocycles. The molecule has 0 aliphatic carbocycles. The third-order valence-corrected chi connectivity index (χ3v) is 8.73. The molecular weight excluding hydrogens is 585 g/mol. The third kappa shape index (κ3) is 9.23. The van der Waals surface area contributed by atoms with Gasteiger partial charge in [-0.2, -0.15) is 0 Å². The van der Waals surface area contributed by atoms with E-state index in [2.05, 4.69) is 27.7 Å². The first-order valence-corrected chi connectivity index (χ1v) is 16.8. The smallest absolute Gasteiger partial charge is 0.744 e. The molecule has 9 heteroatoms. The summed E-state index contributed by atoms with van der Waals surface area (Å²) in [6, 6.07) is 17.6. The van der Waals surface area contributed by atoms with Crippen molar-refractivity contribution in [3.8, 4) is 0 Å². The van der Waals surface area contributed by atoms with Gasteiger partial charge in [-0.25, -0.2) is 16.8 Å². The molecule has 0 saturated heterocycles. The Kier molecular flexibility index (Phi) is 13.8. The van der Waals surface area contributed by atoms with Crippen molar-refractivity contribution >= 4 is 79.5 Å². The largest absolute Gasteiger partial charge is 2.00 e. The van der Waals surface area contributed by atoms with Gasteiger partial charge in [-0.1, -0.05) is 89.8 Å². The predicted molar refractivity (Wildman–Crippen MR) is 166 cm³/mol. The summed E-state index contributed by atoms with van der Waals surface area (Å²) in [6.07, 6.45) is 7.82. The standard InChI is InChI=1S/2C16H20O3S.Ca/c2*1-3-6-12-10-14-8-5-9-16(20(17,18)19)15(14)11-13(12)7-4-2;/h2*5,8-11H,3-4,6-7H2,1-2H3,(H,17,18,19);/q;;+2/p-2. The Hall–Kier alpha value is -1.52. The van der Waals surface area contributed by atoms with Crippen LogP contribution in [0.25, 0.3) is 21.5 Å². The van der Waals surface area contributed by atoms with Gasteiger partial charge in [0.25, 0.3) is 0 Å². The van der Waals surface area contributed by atoms with Gasteiger partial charge in [0.05, 0.1) is 9.79 Å². The predicted octanol–water partition coefficient (Wildman–Crippen LogP) is 6.92. The zero-order valence-electron chi connectivity index (χ0n) is 24.4. The Balaban J connectivity index is 0.000000280. The van der Waals surface area contributed by atoms with Crippen LogP contribution in [0.15, 0.2) is 70.5 Å².